The maximum absolute atomic E-state index is 12.4. The second-order valence-corrected chi connectivity index (χ2v) is 10.3. The first-order valence-corrected chi connectivity index (χ1v) is 13.9. The highest BCUT2D eigenvalue weighted by Crippen LogP contribution is 2.27. The number of hydrogen-bond donors (Lipinski definition) is 4. The Morgan fingerprint density at radius 2 is 1.60 bits per heavy atom. The molecular weight excluding hydrogens is 550 g/mol. The fraction of sp³-hybridized carbons (Fsp3) is 0.212. The number of carboxylic acid groups (broad SMARTS) is 1. The van der Waals surface area contributed by atoms with Crippen LogP contribution >= 0.6 is 0 Å². The highest BCUT2D eigenvalue weighted by Gasteiger charge is 2.24. The molecule has 3 aromatic carbocycles. The first kappa shape index (κ1) is 29.1. The second-order valence-electron chi connectivity index (χ2n) is 10.3. The molecule has 10 nitrogen and oxygen atoms in total. The van der Waals surface area contributed by atoms with E-state index in [0.717, 1.165) is 31.4 Å². The Hall–Kier alpha value is -5.38. The Labute approximate surface area is 248 Å². The number of nitrogens with one attached hydrogen (secondary N) is 2. The number of amides is 2. The summed E-state index contributed by atoms with van der Waals surface area (Å²) in [6, 6.07) is 23.2. The topological polar surface area (TPSA) is 147 Å². The van der Waals surface area contributed by atoms with E-state index in [1.165, 1.54) is 24.4 Å². The lowest BCUT2D eigenvalue weighted by Crippen LogP contribution is -2.39. The molecule has 220 valence electrons. The van der Waals surface area contributed by atoms with Crippen LogP contribution in [0.2, 0.25) is 0 Å². The first-order valence-electron chi connectivity index (χ1n) is 13.9. The molecule has 0 atom stereocenters. The molecule has 1 saturated carbocycles. The van der Waals surface area contributed by atoms with Crippen molar-refractivity contribution in [3.8, 4) is 23.1 Å². The van der Waals surface area contributed by atoms with Gasteiger partial charge in [0.05, 0.1) is 23.8 Å². The van der Waals surface area contributed by atoms with Crippen molar-refractivity contribution in [3.63, 3.8) is 0 Å². The Morgan fingerprint density at radius 3 is 2.30 bits per heavy atom. The number of pyridine rings is 1. The summed E-state index contributed by atoms with van der Waals surface area (Å²) < 4.78 is 12.0. The molecule has 0 aliphatic heterocycles. The number of aromatic carboxylic acids is 1. The molecule has 0 unspecified atom stereocenters. The maximum Gasteiger partial charge on any atom is 0.337 e. The monoisotopic (exact) mass is 581 g/mol. The van der Waals surface area contributed by atoms with Gasteiger partial charge in [0.15, 0.2) is 0 Å². The zero-order chi connectivity index (χ0) is 30.2. The molecule has 1 aliphatic rings. The van der Waals surface area contributed by atoms with Crippen LogP contribution in [0.15, 0.2) is 91.1 Å². The number of aromatic hydroxyl groups is 1. The molecule has 1 aliphatic carbocycles. The molecule has 0 radical (unpaired) electrons. The minimum atomic E-state index is -1.11. The minimum absolute atomic E-state index is 0.0224. The Morgan fingerprint density at radius 1 is 0.860 bits per heavy atom. The number of ether oxygens (including phenoxy) is 2. The number of nitrogens with zero attached hydrogens (tertiary/aromatic N) is 1. The maximum atomic E-state index is 12.4. The van der Waals surface area contributed by atoms with Crippen LogP contribution in [0.3, 0.4) is 0 Å². The summed E-state index contributed by atoms with van der Waals surface area (Å²) in [5, 5.41) is 24.5. The van der Waals surface area contributed by atoms with Gasteiger partial charge in [-0.05, 0) is 85.8 Å². The lowest BCUT2D eigenvalue weighted by Gasteiger charge is -2.29. The third kappa shape index (κ3) is 8.10. The normalized spacial score (nSPS) is 16.1. The number of carboxylic acids is 1. The highest BCUT2D eigenvalue weighted by atomic mass is 16.5. The lowest BCUT2D eigenvalue weighted by molar-refractivity contribution is -0.115. The number of phenolic OH excluding ortho intramolecular Hbond substituents is 1. The van der Waals surface area contributed by atoms with Crippen LogP contribution in [0.25, 0.3) is 0 Å². The molecule has 4 N–H and O–H groups in total. The lowest BCUT2D eigenvalue weighted by atomic mass is 9.92. The van der Waals surface area contributed by atoms with E-state index in [0.29, 0.717) is 22.8 Å². The van der Waals surface area contributed by atoms with Crippen LogP contribution < -0.4 is 20.1 Å². The van der Waals surface area contributed by atoms with E-state index >= 15 is 0 Å². The molecule has 4 aromatic rings. The number of hydrogen-bond acceptors (Lipinski definition) is 7. The van der Waals surface area contributed by atoms with Crippen molar-refractivity contribution < 1.29 is 34.1 Å². The van der Waals surface area contributed by atoms with Gasteiger partial charge in [-0.25, -0.2) is 9.78 Å². The summed E-state index contributed by atoms with van der Waals surface area (Å²) in [4.78, 5) is 40.5. The number of aromatic nitrogens is 1. The van der Waals surface area contributed by atoms with Gasteiger partial charge < -0.3 is 30.3 Å². The van der Waals surface area contributed by atoms with E-state index < -0.39 is 5.97 Å². The van der Waals surface area contributed by atoms with E-state index in [-0.39, 0.29) is 47.4 Å². The van der Waals surface area contributed by atoms with Gasteiger partial charge in [0, 0.05) is 23.9 Å². The number of carbonyl (C=O) groups excluding carboxylic acids is 2. The number of carbonyl (C=O) groups is 3. The molecule has 2 amide bonds. The highest BCUT2D eigenvalue weighted by molar-refractivity contribution is 6.01. The molecule has 1 aromatic heterocycles. The molecule has 0 bridgehead atoms. The van der Waals surface area contributed by atoms with Crippen molar-refractivity contribution in [2.45, 2.75) is 44.2 Å². The predicted octanol–water partition coefficient (Wildman–Crippen LogP) is 5.58. The number of benzene rings is 3. The van der Waals surface area contributed by atoms with Crippen molar-refractivity contribution in [3.05, 3.63) is 108 Å². The van der Waals surface area contributed by atoms with E-state index in [2.05, 4.69) is 15.6 Å². The van der Waals surface area contributed by atoms with Crippen LogP contribution in [0.4, 0.5) is 5.69 Å². The summed E-state index contributed by atoms with van der Waals surface area (Å²) in [5.41, 5.74) is 1.35. The zero-order valence-corrected chi connectivity index (χ0v) is 23.2. The van der Waals surface area contributed by atoms with Gasteiger partial charge in [-0.1, -0.05) is 24.3 Å². The Kier molecular flexibility index (Phi) is 9.16. The summed E-state index contributed by atoms with van der Waals surface area (Å²) in [7, 11) is 0. The predicted molar refractivity (Wildman–Crippen MR) is 159 cm³/mol. The van der Waals surface area contributed by atoms with Crippen molar-refractivity contribution in [1.29, 1.82) is 0 Å². The quantitative estimate of drug-likeness (QED) is 0.190. The second kappa shape index (κ2) is 13.5. The Balaban J connectivity index is 1.06. The Bertz CT molecular complexity index is 1580. The van der Waals surface area contributed by atoms with Gasteiger partial charge in [-0.2, -0.15) is 0 Å². The fourth-order valence-corrected chi connectivity index (χ4v) is 4.87. The molecule has 5 rings (SSSR count). The number of anilines is 1. The molecule has 10 heteroatoms. The van der Waals surface area contributed by atoms with Gasteiger partial charge in [0.25, 0.3) is 5.91 Å². The van der Waals surface area contributed by atoms with Crippen LogP contribution in [-0.4, -0.2) is 45.1 Å². The molecule has 1 fully saturated rings. The van der Waals surface area contributed by atoms with Gasteiger partial charge in [-0.3, -0.25) is 9.59 Å². The molecule has 0 saturated heterocycles. The molecule has 0 spiro atoms. The summed E-state index contributed by atoms with van der Waals surface area (Å²) >= 11 is 0. The summed E-state index contributed by atoms with van der Waals surface area (Å²) in [6.45, 7) is 0. The van der Waals surface area contributed by atoms with Crippen molar-refractivity contribution in [2.24, 2.45) is 0 Å². The summed E-state index contributed by atoms with van der Waals surface area (Å²) in [5.74, 6) is 0.0653. The minimum Gasteiger partial charge on any atom is -0.508 e. The van der Waals surface area contributed by atoms with Crippen LogP contribution in [0, 0.1) is 0 Å². The van der Waals surface area contributed by atoms with E-state index in [1.807, 2.05) is 12.1 Å². The molecular formula is C33H31N3O7. The standard InChI is InChI=1S/C33H31N3O7/c37-24-5-3-4-22(19-24)32(39)35-23-9-11-25(12-10-23)42-26-13-15-27(16-14-26)43-31-17-8-21(20-34-31)18-30(38)36-29-7-2-1-6-28(29)33(40)41/h1-8,13-17,19-20,23,25,37H,9-12,18H2,(H,35,39)(H,36,38)(H,40,41). The van der Waals surface area contributed by atoms with Gasteiger partial charge >= 0.3 is 5.97 Å². The van der Waals surface area contributed by atoms with Crippen LogP contribution in [-0.2, 0) is 11.2 Å². The largest absolute Gasteiger partial charge is 0.508 e. The summed E-state index contributed by atoms with van der Waals surface area (Å²) in [6.07, 6.45) is 4.83. The van der Waals surface area contributed by atoms with Crippen molar-refractivity contribution in [1.82, 2.24) is 10.3 Å². The number of rotatable bonds is 10. The third-order valence-corrected chi connectivity index (χ3v) is 7.06. The zero-order valence-electron chi connectivity index (χ0n) is 23.2. The number of para-hydroxylation sites is 1. The smallest absolute Gasteiger partial charge is 0.337 e. The molecule has 1 heterocycles. The average Bonchev–Trinajstić information content (AvgIpc) is 3.00. The van der Waals surface area contributed by atoms with Crippen LogP contribution in [0.1, 0.15) is 52.0 Å². The third-order valence-electron chi connectivity index (χ3n) is 7.06. The van der Waals surface area contributed by atoms with Crippen molar-refractivity contribution >= 4 is 23.5 Å². The van der Waals surface area contributed by atoms with Gasteiger partial charge in [0.1, 0.15) is 17.2 Å². The van der Waals surface area contributed by atoms with Crippen LogP contribution in [0.5, 0.6) is 23.1 Å². The molecule has 43 heavy (non-hydrogen) atoms. The fourth-order valence-electron chi connectivity index (χ4n) is 4.87. The number of phenols is 1. The van der Waals surface area contributed by atoms with Crippen molar-refractivity contribution in [2.75, 3.05) is 5.32 Å². The van der Waals surface area contributed by atoms with Gasteiger partial charge in [-0.15, -0.1) is 0 Å². The SMILES string of the molecule is O=C(Cc1ccc(Oc2ccc(OC3CCC(NC(=O)c4cccc(O)c4)CC3)cc2)nc1)Nc1ccccc1C(=O)O. The average molecular weight is 582 g/mol. The first-order chi connectivity index (χ1) is 20.8. The van der Waals surface area contributed by atoms with Gasteiger partial charge in [0.2, 0.25) is 11.8 Å². The van der Waals surface area contributed by atoms with E-state index in [4.69, 9.17) is 9.47 Å². The van der Waals surface area contributed by atoms with E-state index in [1.54, 1.807) is 54.6 Å². The van der Waals surface area contributed by atoms with E-state index in [9.17, 15) is 24.6 Å².